The molecule has 0 aliphatic rings. The van der Waals surface area contributed by atoms with Crippen molar-refractivity contribution in [2.24, 2.45) is 0 Å². The van der Waals surface area contributed by atoms with E-state index in [1.54, 1.807) is 7.11 Å². The van der Waals surface area contributed by atoms with E-state index in [9.17, 15) is 4.79 Å². The van der Waals surface area contributed by atoms with Gasteiger partial charge in [-0.05, 0) is 13.3 Å². The lowest BCUT2D eigenvalue weighted by Gasteiger charge is -2.09. The van der Waals surface area contributed by atoms with Crippen molar-refractivity contribution in [3.63, 3.8) is 0 Å². The molecule has 0 aromatic rings. The molecular weight excluding hydrogens is 180 g/mol. The van der Waals surface area contributed by atoms with Crippen LogP contribution in [0.1, 0.15) is 46.0 Å². The predicted molar refractivity (Wildman–Crippen MR) is 56.2 cm³/mol. The smallest absolute Gasteiger partial charge is 0.305 e. The van der Waals surface area contributed by atoms with Crippen molar-refractivity contribution in [3.8, 4) is 0 Å². The molecule has 0 amide bonds. The minimum Gasteiger partial charge on any atom is -0.466 e. The number of ether oxygens (including phenoxy) is 2. The second-order valence-corrected chi connectivity index (χ2v) is 3.51. The van der Waals surface area contributed by atoms with Crippen molar-refractivity contribution >= 4 is 5.97 Å². The quantitative estimate of drug-likeness (QED) is 0.448. The Bertz CT molecular complexity index is 145. The van der Waals surface area contributed by atoms with Crippen LogP contribution in [0.4, 0.5) is 0 Å². The fourth-order valence-electron chi connectivity index (χ4n) is 1.05. The van der Waals surface area contributed by atoms with Crippen molar-refractivity contribution < 1.29 is 14.3 Å². The second-order valence-electron chi connectivity index (χ2n) is 3.51. The zero-order valence-corrected chi connectivity index (χ0v) is 9.54. The fourth-order valence-corrected chi connectivity index (χ4v) is 1.05. The first-order valence-corrected chi connectivity index (χ1v) is 5.39. The SMILES string of the molecule is CCCCCC(=O)OCCC(C)OC. The van der Waals surface area contributed by atoms with Crippen LogP contribution in [0, 0.1) is 0 Å². The molecule has 0 saturated heterocycles. The van der Waals surface area contributed by atoms with Crippen molar-refractivity contribution in [2.45, 2.75) is 52.1 Å². The van der Waals surface area contributed by atoms with Crippen LogP contribution in [-0.4, -0.2) is 25.8 Å². The molecule has 0 N–H and O–H groups in total. The molecule has 0 aliphatic carbocycles. The molecule has 14 heavy (non-hydrogen) atoms. The third kappa shape index (κ3) is 8.05. The zero-order chi connectivity index (χ0) is 10.8. The lowest BCUT2D eigenvalue weighted by molar-refractivity contribution is -0.144. The molecule has 0 aromatic heterocycles. The normalized spacial score (nSPS) is 12.5. The van der Waals surface area contributed by atoms with Gasteiger partial charge in [-0.25, -0.2) is 0 Å². The van der Waals surface area contributed by atoms with E-state index in [0.29, 0.717) is 13.0 Å². The third-order valence-corrected chi connectivity index (χ3v) is 2.17. The number of unbranched alkanes of at least 4 members (excludes halogenated alkanes) is 2. The lowest BCUT2D eigenvalue weighted by Crippen LogP contribution is -2.12. The highest BCUT2D eigenvalue weighted by atomic mass is 16.5. The average molecular weight is 202 g/mol. The summed E-state index contributed by atoms with van der Waals surface area (Å²) in [6.45, 7) is 4.55. The largest absolute Gasteiger partial charge is 0.466 e. The topological polar surface area (TPSA) is 35.5 Å². The molecule has 0 bridgehead atoms. The molecule has 1 atom stereocenters. The number of esters is 1. The maximum Gasteiger partial charge on any atom is 0.305 e. The molecule has 1 unspecified atom stereocenters. The van der Waals surface area contributed by atoms with Gasteiger partial charge < -0.3 is 9.47 Å². The molecule has 0 radical (unpaired) electrons. The van der Waals surface area contributed by atoms with Gasteiger partial charge in [-0.15, -0.1) is 0 Å². The fraction of sp³-hybridized carbons (Fsp3) is 0.909. The first-order chi connectivity index (χ1) is 6.70. The highest BCUT2D eigenvalue weighted by molar-refractivity contribution is 5.69. The minimum atomic E-state index is -0.0817. The Labute approximate surface area is 86.8 Å². The molecule has 0 saturated carbocycles. The van der Waals surface area contributed by atoms with E-state index in [4.69, 9.17) is 9.47 Å². The third-order valence-electron chi connectivity index (χ3n) is 2.17. The molecule has 0 rings (SSSR count). The van der Waals surface area contributed by atoms with Crippen LogP contribution >= 0.6 is 0 Å². The summed E-state index contributed by atoms with van der Waals surface area (Å²) in [6, 6.07) is 0. The van der Waals surface area contributed by atoms with E-state index in [0.717, 1.165) is 25.7 Å². The first-order valence-electron chi connectivity index (χ1n) is 5.39. The molecule has 0 aromatic carbocycles. The van der Waals surface area contributed by atoms with Gasteiger partial charge in [0.1, 0.15) is 0 Å². The van der Waals surface area contributed by atoms with E-state index < -0.39 is 0 Å². The summed E-state index contributed by atoms with van der Waals surface area (Å²) >= 11 is 0. The molecule has 0 aliphatic heterocycles. The lowest BCUT2D eigenvalue weighted by atomic mass is 10.2. The number of carbonyl (C=O) groups is 1. The molecule has 0 heterocycles. The van der Waals surface area contributed by atoms with Gasteiger partial charge in [0.25, 0.3) is 0 Å². The van der Waals surface area contributed by atoms with E-state index in [-0.39, 0.29) is 12.1 Å². The Morgan fingerprint density at radius 2 is 2.07 bits per heavy atom. The van der Waals surface area contributed by atoms with Crippen molar-refractivity contribution in [2.75, 3.05) is 13.7 Å². The van der Waals surface area contributed by atoms with Crippen LogP contribution in [0.3, 0.4) is 0 Å². The molecule has 84 valence electrons. The van der Waals surface area contributed by atoms with Gasteiger partial charge in [0.05, 0.1) is 12.7 Å². The molecule has 0 fully saturated rings. The Morgan fingerprint density at radius 1 is 1.36 bits per heavy atom. The standard InChI is InChI=1S/C11H22O3/c1-4-5-6-7-11(12)14-9-8-10(2)13-3/h10H,4-9H2,1-3H3. The Kier molecular flexibility index (Phi) is 8.64. The highest BCUT2D eigenvalue weighted by Crippen LogP contribution is 2.02. The number of hydrogen-bond acceptors (Lipinski definition) is 3. The molecule has 0 spiro atoms. The van der Waals surface area contributed by atoms with Crippen molar-refractivity contribution in [1.82, 2.24) is 0 Å². The minimum absolute atomic E-state index is 0.0817. The number of methoxy groups -OCH3 is 1. The monoisotopic (exact) mass is 202 g/mol. The molecule has 3 heteroatoms. The van der Waals surface area contributed by atoms with Crippen LogP contribution in [0.15, 0.2) is 0 Å². The average Bonchev–Trinajstić information content (AvgIpc) is 2.18. The Balaban J connectivity index is 3.26. The summed E-state index contributed by atoms with van der Waals surface area (Å²) < 4.78 is 10.1. The van der Waals surface area contributed by atoms with E-state index in [1.165, 1.54) is 0 Å². The summed E-state index contributed by atoms with van der Waals surface area (Å²) in [5.74, 6) is -0.0817. The number of carbonyl (C=O) groups excluding carboxylic acids is 1. The summed E-state index contributed by atoms with van der Waals surface area (Å²) in [7, 11) is 1.66. The van der Waals surface area contributed by atoms with Crippen LogP contribution in [-0.2, 0) is 14.3 Å². The van der Waals surface area contributed by atoms with Crippen LogP contribution < -0.4 is 0 Å². The van der Waals surface area contributed by atoms with Crippen molar-refractivity contribution in [1.29, 1.82) is 0 Å². The predicted octanol–water partition coefficient (Wildman–Crippen LogP) is 2.53. The van der Waals surface area contributed by atoms with Gasteiger partial charge in [0, 0.05) is 20.0 Å². The second kappa shape index (κ2) is 9.00. The van der Waals surface area contributed by atoms with Crippen LogP contribution in [0.25, 0.3) is 0 Å². The van der Waals surface area contributed by atoms with Gasteiger partial charge in [-0.1, -0.05) is 19.8 Å². The van der Waals surface area contributed by atoms with E-state index >= 15 is 0 Å². The van der Waals surface area contributed by atoms with Crippen molar-refractivity contribution in [3.05, 3.63) is 0 Å². The van der Waals surface area contributed by atoms with Gasteiger partial charge in [-0.3, -0.25) is 4.79 Å². The Hall–Kier alpha value is -0.570. The van der Waals surface area contributed by atoms with Gasteiger partial charge in [0.15, 0.2) is 0 Å². The van der Waals surface area contributed by atoms with Gasteiger partial charge >= 0.3 is 5.97 Å². The first kappa shape index (κ1) is 13.4. The van der Waals surface area contributed by atoms with Crippen LogP contribution in [0.5, 0.6) is 0 Å². The maximum atomic E-state index is 11.1. The van der Waals surface area contributed by atoms with E-state index in [2.05, 4.69) is 6.92 Å². The number of rotatable bonds is 8. The summed E-state index contributed by atoms with van der Waals surface area (Å²) in [6.07, 6.45) is 4.66. The molecule has 3 nitrogen and oxygen atoms in total. The Morgan fingerprint density at radius 3 is 2.64 bits per heavy atom. The molecular formula is C11H22O3. The number of hydrogen-bond donors (Lipinski definition) is 0. The van der Waals surface area contributed by atoms with Gasteiger partial charge in [-0.2, -0.15) is 0 Å². The van der Waals surface area contributed by atoms with Crippen LogP contribution in [0.2, 0.25) is 0 Å². The zero-order valence-electron chi connectivity index (χ0n) is 9.54. The van der Waals surface area contributed by atoms with Gasteiger partial charge in [0.2, 0.25) is 0 Å². The summed E-state index contributed by atoms with van der Waals surface area (Å²) in [5, 5.41) is 0. The maximum absolute atomic E-state index is 11.1. The summed E-state index contributed by atoms with van der Waals surface area (Å²) in [5.41, 5.74) is 0. The highest BCUT2D eigenvalue weighted by Gasteiger charge is 2.04. The summed E-state index contributed by atoms with van der Waals surface area (Å²) in [4.78, 5) is 11.1. The van der Waals surface area contributed by atoms with E-state index in [1.807, 2.05) is 6.92 Å².